The second-order valence-electron chi connectivity index (χ2n) is 8.29. The maximum atomic E-state index is 12.5. The Bertz CT molecular complexity index is 925. The third-order valence-corrected chi connectivity index (χ3v) is 5.52. The first kappa shape index (κ1) is 21.1. The average Bonchev–Trinajstić information content (AvgIpc) is 3.03. The van der Waals surface area contributed by atoms with Crippen molar-refractivity contribution >= 4 is 28.4 Å². The number of nitrogen functional groups attached to an aromatic ring is 1. The number of nitriles is 1. The summed E-state index contributed by atoms with van der Waals surface area (Å²) in [4.78, 5) is 14.2. The molecule has 1 amide bonds. The third kappa shape index (κ3) is 4.70. The van der Waals surface area contributed by atoms with E-state index in [4.69, 9.17) is 14.3 Å². The summed E-state index contributed by atoms with van der Waals surface area (Å²) in [5, 5.41) is 9.69. The Hall–Kier alpha value is -2.61. The van der Waals surface area contributed by atoms with E-state index in [9.17, 15) is 10.1 Å². The Kier molecular flexibility index (Phi) is 6.12. The summed E-state index contributed by atoms with van der Waals surface area (Å²) in [6, 6.07) is 9.80. The standard InChI is InChI=1S/C21H26N4O3.Al.2H/c1-21(2,3)28-20(27)24-10-4-5-14(12-24)17-13-25(18(11-22)19(17)23)15-6-8-16(26)9-7-15;;;/h6-9,13-14,26H,4-5,10,12,23H2,1-3H3;;;/q;+1;;/p-1. The molecule has 0 bridgehead atoms. The van der Waals surface area contributed by atoms with Gasteiger partial charge in [-0.05, 0) is 63.4 Å². The van der Waals surface area contributed by atoms with E-state index in [1.54, 1.807) is 4.90 Å². The van der Waals surface area contributed by atoms with Crippen molar-refractivity contribution in [1.82, 2.24) is 9.47 Å². The minimum absolute atomic E-state index is 0.0638. The molecule has 1 saturated heterocycles. The maximum Gasteiger partial charge on any atom is 0.496 e. The molecule has 1 fully saturated rings. The van der Waals surface area contributed by atoms with Crippen molar-refractivity contribution in [1.29, 1.82) is 5.26 Å². The number of anilines is 1. The number of nitrogens with two attached hydrogens (primary N) is 1. The first-order chi connectivity index (χ1) is 13.7. The molecule has 29 heavy (non-hydrogen) atoms. The van der Waals surface area contributed by atoms with Crippen LogP contribution in [-0.2, 0) is 4.74 Å². The van der Waals surface area contributed by atoms with Crippen molar-refractivity contribution < 1.29 is 13.3 Å². The van der Waals surface area contributed by atoms with Gasteiger partial charge < -0.3 is 23.7 Å². The predicted molar refractivity (Wildman–Crippen MR) is 114 cm³/mol. The van der Waals surface area contributed by atoms with Gasteiger partial charge in [0.05, 0.1) is 11.4 Å². The van der Waals surface area contributed by atoms with Crippen molar-refractivity contribution in [2.75, 3.05) is 18.8 Å². The van der Waals surface area contributed by atoms with Crippen molar-refractivity contribution in [3.63, 3.8) is 0 Å². The van der Waals surface area contributed by atoms with Gasteiger partial charge in [0.2, 0.25) is 0 Å². The second kappa shape index (κ2) is 8.41. The number of rotatable bonds is 3. The van der Waals surface area contributed by atoms with Gasteiger partial charge >= 0.3 is 22.7 Å². The number of benzene rings is 1. The molecule has 1 aliphatic heterocycles. The molecule has 8 heteroatoms. The van der Waals surface area contributed by atoms with Crippen LogP contribution in [0.2, 0.25) is 0 Å². The van der Waals surface area contributed by atoms with E-state index in [1.807, 2.05) is 55.8 Å². The largest absolute Gasteiger partial charge is 0.647 e. The Labute approximate surface area is 179 Å². The Morgan fingerprint density at radius 2 is 2.00 bits per heavy atom. The average molecular weight is 410 g/mol. The van der Waals surface area contributed by atoms with Crippen LogP contribution >= 0.6 is 0 Å². The highest BCUT2D eigenvalue weighted by atomic mass is 27.1. The molecule has 1 atom stereocenters. The molecule has 2 heterocycles. The lowest BCUT2D eigenvalue weighted by atomic mass is 9.91. The molecule has 1 aromatic heterocycles. The van der Waals surface area contributed by atoms with Crippen LogP contribution in [0.1, 0.15) is 50.8 Å². The number of hydrogen-bond acceptors (Lipinski definition) is 5. The van der Waals surface area contributed by atoms with Crippen LogP contribution in [0.5, 0.6) is 5.75 Å². The molecule has 152 valence electrons. The van der Waals surface area contributed by atoms with Crippen LogP contribution in [0.15, 0.2) is 30.5 Å². The maximum absolute atomic E-state index is 12.5. The molecular weight excluding hydrogens is 383 g/mol. The van der Waals surface area contributed by atoms with Gasteiger partial charge in [0.1, 0.15) is 17.4 Å². The highest BCUT2D eigenvalue weighted by Crippen LogP contribution is 2.35. The number of aromatic nitrogens is 1. The molecule has 2 N–H and O–H groups in total. The summed E-state index contributed by atoms with van der Waals surface area (Å²) in [5.41, 5.74) is 8.47. The SMILES string of the molecule is CC(C)(C)OC(=O)N1CCCC(c2cn(-c3ccc([O][AlH2])cc3)c(C#N)c2N)C1. The number of hydrogen-bond donors (Lipinski definition) is 1. The molecule has 3 rings (SSSR count). The number of carbonyl (C=O) groups excluding carboxylic acids is 1. The predicted octanol–water partition coefficient (Wildman–Crippen LogP) is 2.97. The zero-order valence-corrected chi connectivity index (χ0v) is 19.4. The molecular formula is C21H27AlN4O3. The zero-order chi connectivity index (χ0) is 21.2. The van der Waals surface area contributed by atoms with Crippen LogP contribution in [0.3, 0.4) is 0 Å². The van der Waals surface area contributed by atoms with E-state index >= 15 is 0 Å². The lowest BCUT2D eigenvalue weighted by Crippen LogP contribution is -2.42. The van der Waals surface area contributed by atoms with E-state index in [-0.39, 0.29) is 12.0 Å². The number of piperidine rings is 1. The topological polar surface area (TPSA) is 93.5 Å². The van der Waals surface area contributed by atoms with Gasteiger partial charge in [-0.2, -0.15) is 5.26 Å². The minimum Gasteiger partial charge on any atom is -0.647 e. The summed E-state index contributed by atoms with van der Waals surface area (Å²) in [6.07, 6.45) is 3.39. The van der Waals surface area contributed by atoms with Crippen molar-refractivity contribution in [3.05, 3.63) is 41.7 Å². The van der Waals surface area contributed by atoms with Crippen LogP contribution < -0.4 is 9.52 Å². The Balaban J connectivity index is 1.87. The molecule has 0 radical (unpaired) electrons. The number of carbonyl (C=O) groups is 1. The highest BCUT2D eigenvalue weighted by Gasteiger charge is 2.31. The number of amides is 1. The summed E-state index contributed by atoms with van der Waals surface area (Å²) in [7, 11) is 0. The second-order valence-corrected chi connectivity index (χ2v) is 8.70. The van der Waals surface area contributed by atoms with Crippen molar-refractivity contribution in [2.24, 2.45) is 0 Å². The molecule has 0 spiro atoms. The molecule has 1 unspecified atom stereocenters. The third-order valence-electron chi connectivity index (χ3n) is 5.04. The summed E-state index contributed by atoms with van der Waals surface area (Å²) >= 11 is 0.623. The fraction of sp³-hybridized carbons (Fsp3) is 0.429. The highest BCUT2D eigenvalue weighted by molar-refractivity contribution is 5.99. The van der Waals surface area contributed by atoms with Gasteiger partial charge in [0.25, 0.3) is 0 Å². The fourth-order valence-electron chi connectivity index (χ4n) is 3.65. The van der Waals surface area contributed by atoms with E-state index in [2.05, 4.69) is 6.07 Å². The first-order valence-corrected chi connectivity index (χ1v) is 10.6. The van der Waals surface area contributed by atoms with Gasteiger partial charge in [-0.15, -0.1) is 0 Å². The zero-order valence-electron chi connectivity index (χ0n) is 17.4. The van der Waals surface area contributed by atoms with Gasteiger partial charge in [-0.3, -0.25) is 0 Å². The van der Waals surface area contributed by atoms with E-state index in [1.165, 1.54) is 0 Å². The molecule has 1 aliphatic rings. The number of ether oxygens (including phenoxy) is 1. The van der Waals surface area contributed by atoms with Gasteiger partial charge in [0.15, 0.2) is 0 Å². The molecule has 7 nitrogen and oxygen atoms in total. The molecule has 0 aliphatic carbocycles. The summed E-state index contributed by atoms with van der Waals surface area (Å²) in [5.74, 6) is 0.869. The quantitative estimate of drug-likeness (QED) is 0.786. The van der Waals surface area contributed by atoms with Gasteiger partial charge in [-0.25, -0.2) is 4.79 Å². The Morgan fingerprint density at radius 1 is 1.31 bits per heavy atom. The lowest BCUT2D eigenvalue weighted by molar-refractivity contribution is 0.0198. The summed E-state index contributed by atoms with van der Waals surface area (Å²) < 4.78 is 12.7. The van der Waals surface area contributed by atoms with Crippen LogP contribution in [0.25, 0.3) is 5.69 Å². The summed E-state index contributed by atoms with van der Waals surface area (Å²) in [6.45, 7) is 6.78. The van der Waals surface area contributed by atoms with Crippen LogP contribution in [-0.4, -0.2) is 50.9 Å². The molecule has 2 aromatic rings. The lowest BCUT2D eigenvalue weighted by Gasteiger charge is -2.34. The van der Waals surface area contributed by atoms with Gasteiger partial charge in [0, 0.05) is 30.9 Å². The van der Waals surface area contributed by atoms with Gasteiger partial charge in [-0.1, -0.05) is 0 Å². The minimum atomic E-state index is -0.531. The monoisotopic (exact) mass is 410 g/mol. The van der Waals surface area contributed by atoms with Crippen molar-refractivity contribution in [2.45, 2.75) is 45.1 Å². The molecule has 0 saturated carbocycles. The van der Waals surface area contributed by atoms with Crippen molar-refractivity contribution in [3.8, 4) is 17.5 Å². The normalized spacial score (nSPS) is 16.9. The first-order valence-electron chi connectivity index (χ1n) is 9.76. The Morgan fingerprint density at radius 3 is 2.59 bits per heavy atom. The number of nitrogens with zero attached hydrogens (tertiary/aromatic N) is 3. The fourth-order valence-corrected chi connectivity index (χ4v) is 3.92. The van der Waals surface area contributed by atoms with Crippen LogP contribution in [0, 0.1) is 11.3 Å². The number of likely N-dealkylation sites (tertiary alicyclic amines) is 1. The smallest absolute Gasteiger partial charge is 0.496 e. The molecule has 1 aromatic carbocycles. The van der Waals surface area contributed by atoms with E-state index in [0.717, 1.165) is 29.8 Å². The van der Waals surface area contributed by atoms with Crippen LogP contribution in [0.4, 0.5) is 10.5 Å². The van der Waals surface area contributed by atoms with E-state index in [0.29, 0.717) is 41.1 Å². The van der Waals surface area contributed by atoms with E-state index < -0.39 is 5.60 Å².